The van der Waals surface area contributed by atoms with Crippen molar-refractivity contribution in [2.45, 2.75) is 70.7 Å². The number of urea groups is 1. The van der Waals surface area contributed by atoms with E-state index in [0.29, 0.717) is 24.9 Å². The Kier molecular flexibility index (Phi) is 3.86. The minimum absolute atomic E-state index is 0.0766. The van der Waals surface area contributed by atoms with Crippen LogP contribution in [0.1, 0.15) is 47.0 Å². The molecule has 5 atom stereocenters. The number of hydrogen-bond donors (Lipinski definition) is 2. The van der Waals surface area contributed by atoms with Gasteiger partial charge in [-0.15, -0.1) is 0 Å². The summed E-state index contributed by atoms with van der Waals surface area (Å²) in [6, 6.07) is 0.228. The van der Waals surface area contributed by atoms with Crippen LogP contribution in [-0.2, 0) is 9.53 Å². The van der Waals surface area contributed by atoms with E-state index in [1.165, 1.54) is 0 Å². The highest BCUT2D eigenvalue weighted by Gasteiger charge is 2.58. The number of carbonyl (C=O) groups excluding carboxylic acids is 2. The van der Waals surface area contributed by atoms with Crippen molar-refractivity contribution in [2.75, 3.05) is 13.7 Å². The molecule has 0 aromatic rings. The predicted molar refractivity (Wildman–Crippen MR) is 87.0 cm³/mol. The third kappa shape index (κ3) is 2.71. The van der Waals surface area contributed by atoms with E-state index < -0.39 is 0 Å². The van der Waals surface area contributed by atoms with Gasteiger partial charge in [-0.1, -0.05) is 20.8 Å². The third-order valence-electron chi connectivity index (χ3n) is 6.54. The predicted octanol–water partition coefficient (Wildman–Crippen LogP) is 1.50. The lowest BCUT2D eigenvalue weighted by molar-refractivity contribution is -0.177. The number of methoxy groups -OCH3 is 1. The van der Waals surface area contributed by atoms with Crippen molar-refractivity contribution >= 4 is 11.9 Å². The molecule has 3 rings (SSSR count). The molecule has 6 heteroatoms. The molecule has 1 heterocycles. The van der Waals surface area contributed by atoms with Gasteiger partial charge in [-0.05, 0) is 25.7 Å². The van der Waals surface area contributed by atoms with Crippen LogP contribution in [0.4, 0.5) is 4.79 Å². The van der Waals surface area contributed by atoms with E-state index in [2.05, 4.69) is 38.3 Å². The van der Waals surface area contributed by atoms with Crippen molar-refractivity contribution in [1.82, 2.24) is 15.5 Å². The first kappa shape index (κ1) is 16.6. The summed E-state index contributed by atoms with van der Waals surface area (Å²) in [6.07, 6.45) is 2.32. The summed E-state index contributed by atoms with van der Waals surface area (Å²) in [5.74, 6) is 0.773. The fourth-order valence-corrected chi connectivity index (χ4v) is 3.99. The van der Waals surface area contributed by atoms with Crippen molar-refractivity contribution in [1.29, 1.82) is 0 Å². The topological polar surface area (TPSA) is 70.7 Å². The first-order chi connectivity index (χ1) is 10.7. The van der Waals surface area contributed by atoms with E-state index >= 15 is 0 Å². The van der Waals surface area contributed by atoms with Gasteiger partial charge in [0.25, 0.3) is 0 Å². The van der Waals surface area contributed by atoms with Gasteiger partial charge in [0, 0.05) is 37.6 Å². The zero-order valence-electron chi connectivity index (χ0n) is 14.8. The molecule has 0 aromatic heterocycles. The monoisotopic (exact) mass is 323 g/mol. The van der Waals surface area contributed by atoms with Crippen molar-refractivity contribution < 1.29 is 14.3 Å². The zero-order chi connectivity index (χ0) is 17.0. The van der Waals surface area contributed by atoms with Gasteiger partial charge in [-0.3, -0.25) is 4.79 Å². The van der Waals surface area contributed by atoms with Gasteiger partial charge in [0.05, 0.1) is 11.6 Å². The van der Waals surface area contributed by atoms with E-state index in [1.807, 2.05) is 4.90 Å². The van der Waals surface area contributed by atoms with E-state index in [0.717, 1.165) is 12.8 Å². The first-order valence-corrected chi connectivity index (χ1v) is 8.59. The number of hydrogen-bond acceptors (Lipinski definition) is 3. The molecule has 0 bridgehead atoms. The molecule has 0 radical (unpaired) electrons. The lowest BCUT2D eigenvalue weighted by Crippen LogP contribution is -2.69. The Morgan fingerprint density at radius 2 is 1.96 bits per heavy atom. The number of nitrogens with one attached hydrogen (secondary N) is 2. The lowest BCUT2D eigenvalue weighted by atomic mass is 9.56. The summed E-state index contributed by atoms with van der Waals surface area (Å²) < 4.78 is 5.58. The Morgan fingerprint density at radius 3 is 2.48 bits per heavy atom. The molecule has 23 heavy (non-hydrogen) atoms. The Bertz CT molecular complexity index is 521. The van der Waals surface area contributed by atoms with Gasteiger partial charge in [0.1, 0.15) is 0 Å². The number of amides is 3. The third-order valence-corrected chi connectivity index (χ3v) is 6.54. The largest absolute Gasteiger partial charge is 0.378 e. The lowest BCUT2D eigenvalue weighted by Gasteiger charge is -2.59. The molecule has 1 aliphatic heterocycles. The molecule has 2 N–H and O–H groups in total. The van der Waals surface area contributed by atoms with Gasteiger partial charge in [0.2, 0.25) is 5.91 Å². The molecule has 0 spiro atoms. The van der Waals surface area contributed by atoms with Gasteiger partial charge in [-0.2, -0.15) is 0 Å². The summed E-state index contributed by atoms with van der Waals surface area (Å²) in [4.78, 5) is 26.2. The highest BCUT2D eigenvalue weighted by molar-refractivity contribution is 5.82. The second-order valence-corrected chi connectivity index (χ2v) is 8.26. The molecule has 3 aliphatic rings. The van der Waals surface area contributed by atoms with E-state index in [1.54, 1.807) is 7.11 Å². The van der Waals surface area contributed by atoms with Gasteiger partial charge in [-0.25, -0.2) is 4.79 Å². The highest BCUT2D eigenvalue weighted by atomic mass is 16.5. The van der Waals surface area contributed by atoms with Crippen LogP contribution < -0.4 is 10.6 Å². The molecule has 0 unspecified atom stereocenters. The van der Waals surface area contributed by atoms with Crippen LogP contribution in [0.15, 0.2) is 0 Å². The summed E-state index contributed by atoms with van der Waals surface area (Å²) >= 11 is 0. The molecule has 130 valence electrons. The molecule has 0 aromatic carbocycles. The maximum atomic E-state index is 12.3. The van der Waals surface area contributed by atoms with Crippen LogP contribution in [0.5, 0.6) is 0 Å². The maximum absolute atomic E-state index is 12.3. The minimum atomic E-state index is -0.201. The Hall–Kier alpha value is -1.30. The van der Waals surface area contributed by atoms with Crippen molar-refractivity contribution in [3.63, 3.8) is 0 Å². The fourth-order valence-electron chi connectivity index (χ4n) is 3.99. The maximum Gasteiger partial charge on any atom is 0.315 e. The van der Waals surface area contributed by atoms with Crippen LogP contribution >= 0.6 is 0 Å². The van der Waals surface area contributed by atoms with Crippen molar-refractivity contribution in [2.24, 2.45) is 11.3 Å². The smallest absolute Gasteiger partial charge is 0.315 e. The number of carbonyl (C=O) groups is 2. The second-order valence-electron chi connectivity index (χ2n) is 8.26. The second kappa shape index (κ2) is 5.36. The van der Waals surface area contributed by atoms with Gasteiger partial charge in [0.15, 0.2) is 0 Å². The first-order valence-electron chi connectivity index (χ1n) is 8.59. The molecule has 3 fully saturated rings. The van der Waals surface area contributed by atoms with Gasteiger partial charge >= 0.3 is 6.03 Å². The fraction of sp³-hybridized carbons (Fsp3) is 0.882. The minimum Gasteiger partial charge on any atom is -0.378 e. The molecule has 2 aliphatic carbocycles. The molecule has 3 amide bonds. The average molecular weight is 323 g/mol. The van der Waals surface area contributed by atoms with Crippen LogP contribution in [0.3, 0.4) is 0 Å². The zero-order valence-corrected chi connectivity index (χ0v) is 14.8. The summed E-state index contributed by atoms with van der Waals surface area (Å²) in [7, 11) is 1.72. The number of likely N-dealkylation sites (tertiary alicyclic amines) is 1. The van der Waals surface area contributed by atoms with E-state index in [4.69, 9.17) is 4.74 Å². The standard InChI is InChI=1S/C17H29N3O3/c1-10-6-12(10)20-9-11(7-14(20)21)18-15(22)19-13-8-17(4,23-5)16(13,2)3/h10-13H,6-9H2,1-5H3,(H2,18,19,22)/t10-,11-,12-,13+,17-/m1/s1. The summed E-state index contributed by atoms with van der Waals surface area (Å²) in [5.41, 5.74) is -0.312. The molecular weight excluding hydrogens is 294 g/mol. The van der Waals surface area contributed by atoms with Crippen molar-refractivity contribution in [3.05, 3.63) is 0 Å². The molecule has 2 saturated carbocycles. The SMILES string of the molecule is CO[C@]1(C)C[C@H](NC(=O)N[C@@H]2CC(=O)N([C@@H]3C[C@H]3C)C2)C1(C)C. The molecular formula is C17H29N3O3. The quantitative estimate of drug-likeness (QED) is 0.823. The van der Waals surface area contributed by atoms with Crippen LogP contribution in [-0.4, -0.2) is 54.2 Å². The number of rotatable bonds is 4. The van der Waals surface area contributed by atoms with E-state index in [-0.39, 0.29) is 35.0 Å². The van der Waals surface area contributed by atoms with E-state index in [9.17, 15) is 9.59 Å². The number of ether oxygens (including phenoxy) is 1. The van der Waals surface area contributed by atoms with Crippen molar-refractivity contribution in [3.8, 4) is 0 Å². The number of nitrogens with zero attached hydrogens (tertiary/aromatic N) is 1. The Labute approximate surface area is 138 Å². The van der Waals surface area contributed by atoms with Crippen LogP contribution in [0.2, 0.25) is 0 Å². The molecule has 6 nitrogen and oxygen atoms in total. The average Bonchev–Trinajstić information content (AvgIpc) is 3.08. The van der Waals surface area contributed by atoms with Crippen LogP contribution in [0, 0.1) is 11.3 Å². The molecule has 1 saturated heterocycles. The Balaban J connectivity index is 1.49. The Morgan fingerprint density at radius 1 is 1.30 bits per heavy atom. The normalized spacial score (nSPS) is 41.4. The summed E-state index contributed by atoms with van der Waals surface area (Å²) in [5, 5.41) is 6.01. The summed E-state index contributed by atoms with van der Waals surface area (Å²) in [6.45, 7) is 9.11. The van der Waals surface area contributed by atoms with Gasteiger partial charge < -0.3 is 20.3 Å². The van der Waals surface area contributed by atoms with Crippen LogP contribution in [0.25, 0.3) is 0 Å². The highest BCUT2D eigenvalue weighted by Crippen LogP contribution is 2.51.